The zero-order chi connectivity index (χ0) is 24.6. The fourth-order valence-corrected chi connectivity index (χ4v) is 5.25. The number of nitrogens with one attached hydrogen (secondary N) is 1. The van der Waals surface area contributed by atoms with Crippen molar-refractivity contribution < 1.29 is 9.53 Å². The second-order valence-corrected chi connectivity index (χ2v) is 10.1. The van der Waals surface area contributed by atoms with Gasteiger partial charge in [-0.15, -0.1) is 0 Å². The van der Waals surface area contributed by atoms with Gasteiger partial charge in [-0.25, -0.2) is 0 Å². The number of amides is 1. The molecule has 5 nitrogen and oxygen atoms in total. The van der Waals surface area contributed by atoms with Gasteiger partial charge in [-0.3, -0.25) is 9.69 Å². The summed E-state index contributed by atoms with van der Waals surface area (Å²) >= 11 is 0. The molecule has 2 fully saturated rings. The summed E-state index contributed by atoms with van der Waals surface area (Å²) in [4.78, 5) is 17.5. The fourth-order valence-electron chi connectivity index (χ4n) is 5.25. The van der Waals surface area contributed by atoms with Gasteiger partial charge in [0, 0.05) is 37.4 Å². The predicted molar refractivity (Wildman–Crippen MR) is 145 cm³/mol. The summed E-state index contributed by atoms with van der Waals surface area (Å²) in [5, 5.41) is 3.06. The van der Waals surface area contributed by atoms with Gasteiger partial charge in [-0.05, 0) is 79.2 Å². The molecule has 2 saturated heterocycles. The highest BCUT2D eigenvalue weighted by Gasteiger charge is 2.19. The molecular weight excluding hydrogens is 446 g/mol. The number of carbonyl (C=O) groups is 1. The number of piperidine rings is 1. The van der Waals surface area contributed by atoms with Crippen molar-refractivity contribution in [2.45, 2.75) is 32.4 Å². The lowest BCUT2D eigenvalue weighted by Crippen LogP contribution is -2.36. The molecule has 2 aliphatic rings. The lowest BCUT2D eigenvalue weighted by molar-refractivity contribution is 0.0951. The first-order chi connectivity index (χ1) is 17.7. The Morgan fingerprint density at radius 1 is 0.778 bits per heavy atom. The van der Waals surface area contributed by atoms with Gasteiger partial charge in [0.1, 0.15) is 0 Å². The van der Waals surface area contributed by atoms with Gasteiger partial charge in [0.05, 0.1) is 13.2 Å². The predicted octanol–water partition coefficient (Wildman–Crippen LogP) is 4.91. The van der Waals surface area contributed by atoms with Gasteiger partial charge in [0.25, 0.3) is 5.91 Å². The number of benzene rings is 3. The third-order valence-electron chi connectivity index (χ3n) is 7.46. The molecule has 0 aromatic heterocycles. The van der Waals surface area contributed by atoms with Crippen molar-refractivity contribution in [2.24, 2.45) is 5.92 Å². The second kappa shape index (κ2) is 12.2. The highest BCUT2D eigenvalue weighted by atomic mass is 16.5. The molecule has 3 aromatic carbocycles. The van der Waals surface area contributed by atoms with Crippen LogP contribution in [0.15, 0.2) is 78.9 Å². The average Bonchev–Trinajstić information content (AvgIpc) is 2.94. The van der Waals surface area contributed by atoms with Crippen molar-refractivity contribution in [1.29, 1.82) is 0 Å². The molecule has 0 aliphatic carbocycles. The van der Waals surface area contributed by atoms with Gasteiger partial charge in [-0.2, -0.15) is 0 Å². The number of hydrogen-bond donors (Lipinski definition) is 1. The molecule has 0 unspecified atom stereocenters. The molecule has 0 bridgehead atoms. The Hall–Kier alpha value is -3.15. The Bertz CT molecular complexity index is 1080. The molecule has 36 heavy (non-hydrogen) atoms. The Morgan fingerprint density at radius 2 is 1.44 bits per heavy atom. The van der Waals surface area contributed by atoms with Gasteiger partial charge in [-0.1, -0.05) is 54.6 Å². The molecular formula is C31H37N3O2. The Labute approximate surface area is 215 Å². The van der Waals surface area contributed by atoms with E-state index in [1.54, 1.807) is 0 Å². The molecule has 1 N–H and O–H groups in total. The molecule has 188 valence electrons. The third-order valence-corrected chi connectivity index (χ3v) is 7.46. The van der Waals surface area contributed by atoms with Gasteiger partial charge < -0.3 is 15.0 Å². The van der Waals surface area contributed by atoms with Crippen molar-refractivity contribution in [3.05, 3.63) is 101 Å². The van der Waals surface area contributed by atoms with Crippen molar-refractivity contribution in [3.8, 4) is 0 Å². The molecule has 0 radical (unpaired) electrons. The van der Waals surface area contributed by atoms with E-state index in [2.05, 4.69) is 81.8 Å². The van der Waals surface area contributed by atoms with Crippen LogP contribution in [-0.4, -0.2) is 50.2 Å². The summed E-state index contributed by atoms with van der Waals surface area (Å²) in [7, 11) is 0. The molecule has 0 atom stereocenters. The summed E-state index contributed by atoms with van der Waals surface area (Å²) in [5.41, 5.74) is 5.75. The normalized spacial score (nSPS) is 17.2. The van der Waals surface area contributed by atoms with Crippen LogP contribution in [0, 0.1) is 5.92 Å². The maximum absolute atomic E-state index is 12.7. The summed E-state index contributed by atoms with van der Waals surface area (Å²) in [5.74, 6) is 0.755. The summed E-state index contributed by atoms with van der Waals surface area (Å²) in [6.45, 7) is 7.19. The van der Waals surface area contributed by atoms with E-state index in [0.717, 1.165) is 57.4 Å². The van der Waals surface area contributed by atoms with Crippen LogP contribution in [0.3, 0.4) is 0 Å². The van der Waals surface area contributed by atoms with Crippen LogP contribution in [0.25, 0.3) is 0 Å². The van der Waals surface area contributed by atoms with Crippen LogP contribution in [0.4, 0.5) is 5.69 Å². The topological polar surface area (TPSA) is 44.8 Å². The monoisotopic (exact) mass is 483 g/mol. The van der Waals surface area contributed by atoms with E-state index in [4.69, 9.17) is 4.74 Å². The van der Waals surface area contributed by atoms with E-state index in [-0.39, 0.29) is 5.91 Å². The van der Waals surface area contributed by atoms with Crippen molar-refractivity contribution >= 4 is 11.6 Å². The summed E-state index contributed by atoms with van der Waals surface area (Å²) < 4.78 is 5.43. The van der Waals surface area contributed by atoms with Crippen LogP contribution >= 0.6 is 0 Å². The first-order valence-corrected chi connectivity index (χ1v) is 13.3. The molecule has 5 rings (SSSR count). The van der Waals surface area contributed by atoms with E-state index in [0.29, 0.717) is 12.1 Å². The Balaban J connectivity index is 1.05. The number of carbonyl (C=O) groups excluding carboxylic acids is 1. The fraction of sp³-hybridized carbons (Fsp3) is 0.387. The average molecular weight is 484 g/mol. The van der Waals surface area contributed by atoms with Crippen LogP contribution in [0.5, 0.6) is 0 Å². The lowest BCUT2D eigenvalue weighted by atomic mass is 9.90. The summed E-state index contributed by atoms with van der Waals surface area (Å²) in [6, 6.07) is 27.4. The highest BCUT2D eigenvalue weighted by Crippen LogP contribution is 2.23. The molecule has 1 amide bonds. The quantitative estimate of drug-likeness (QED) is 0.495. The van der Waals surface area contributed by atoms with Crippen molar-refractivity contribution in [3.63, 3.8) is 0 Å². The lowest BCUT2D eigenvalue weighted by Gasteiger charge is -2.32. The zero-order valence-corrected chi connectivity index (χ0v) is 21.1. The molecule has 0 spiro atoms. The number of ether oxygens (including phenoxy) is 1. The van der Waals surface area contributed by atoms with Gasteiger partial charge in [0.2, 0.25) is 0 Å². The first kappa shape index (κ1) is 24.5. The minimum atomic E-state index is -0.0273. The van der Waals surface area contributed by atoms with E-state index in [1.165, 1.54) is 36.1 Å². The largest absolute Gasteiger partial charge is 0.378 e. The first-order valence-electron chi connectivity index (χ1n) is 13.3. The maximum Gasteiger partial charge on any atom is 0.251 e. The number of nitrogens with zero attached hydrogens (tertiary/aromatic N) is 2. The Morgan fingerprint density at radius 3 is 2.14 bits per heavy atom. The van der Waals surface area contributed by atoms with Crippen LogP contribution in [-0.2, 0) is 24.2 Å². The minimum Gasteiger partial charge on any atom is -0.378 e. The Kier molecular flexibility index (Phi) is 8.32. The van der Waals surface area contributed by atoms with Crippen molar-refractivity contribution in [1.82, 2.24) is 10.2 Å². The zero-order valence-electron chi connectivity index (χ0n) is 21.1. The second-order valence-electron chi connectivity index (χ2n) is 10.1. The van der Waals surface area contributed by atoms with Gasteiger partial charge >= 0.3 is 0 Å². The number of anilines is 1. The SMILES string of the molecule is O=C(NCc1ccc(N2CCOCC2)cc1)c1ccc(CN2CCC(Cc3ccccc3)CC2)cc1. The third kappa shape index (κ3) is 6.74. The highest BCUT2D eigenvalue weighted by molar-refractivity contribution is 5.94. The molecule has 2 heterocycles. The molecule has 0 saturated carbocycles. The molecule has 3 aromatic rings. The van der Waals surface area contributed by atoms with Crippen LogP contribution in [0.1, 0.15) is 39.9 Å². The molecule has 5 heteroatoms. The molecule has 2 aliphatic heterocycles. The standard InChI is InChI=1S/C31H37N3O2/c35-31(32-23-27-8-12-30(13-9-27)34-18-20-36-21-19-34)29-10-6-28(7-11-29)24-33-16-14-26(15-17-33)22-25-4-2-1-3-5-25/h1-13,26H,14-24H2,(H,32,35). The number of morpholine rings is 1. The van der Waals surface area contributed by atoms with E-state index in [1.807, 2.05) is 12.1 Å². The summed E-state index contributed by atoms with van der Waals surface area (Å²) in [6.07, 6.45) is 3.70. The van der Waals surface area contributed by atoms with Crippen LogP contribution in [0.2, 0.25) is 0 Å². The number of hydrogen-bond acceptors (Lipinski definition) is 4. The maximum atomic E-state index is 12.7. The van der Waals surface area contributed by atoms with E-state index >= 15 is 0 Å². The van der Waals surface area contributed by atoms with Gasteiger partial charge in [0.15, 0.2) is 0 Å². The van der Waals surface area contributed by atoms with E-state index in [9.17, 15) is 4.79 Å². The van der Waals surface area contributed by atoms with Crippen LogP contribution < -0.4 is 10.2 Å². The number of likely N-dealkylation sites (tertiary alicyclic amines) is 1. The minimum absolute atomic E-state index is 0.0273. The smallest absolute Gasteiger partial charge is 0.251 e. The number of rotatable bonds is 8. The van der Waals surface area contributed by atoms with Crippen molar-refractivity contribution in [2.75, 3.05) is 44.3 Å². The van der Waals surface area contributed by atoms with E-state index < -0.39 is 0 Å².